The quantitative estimate of drug-likeness (QED) is 0.253. The first kappa shape index (κ1) is 29.7. The summed E-state index contributed by atoms with van der Waals surface area (Å²) in [4.78, 5) is 0. The van der Waals surface area contributed by atoms with Crippen molar-refractivity contribution in [3.8, 4) is 28.7 Å². The fourth-order valence-corrected chi connectivity index (χ4v) is 5.53. The van der Waals surface area contributed by atoms with E-state index in [-0.39, 0.29) is 18.3 Å². The molecule has 0 heterocycles. The third-order valence-electron chi connectivity index (χ3n) is 7.65. The molecule has 1 aliphatic rings. The van der Waals surface area contributed by atoms with Crippen LogP contribution >= 0.6 is 0 Å². The summed E-state index contributed by atoms with van der Waals surface area (Å²) in [5.74, 6) is 4.77. The van der Waals surface area contributed by atoms with Crippen LogP contribution in [0.1, 0.15) is 64.2 Å². The van der Waals surface area contributed by atoms with Gasteiger partial charge in [-0.1, -0.05) is 39.3 Å². The van der Waals surface area contributed by atoms with Crippen molar-refractivity contribution in [1.29, 1.82) is 0 Å². The lowest BCUT2D eigenvalue weighted by molar-refractivity contribution is -0.114. The first-order chi connectivity index (χ1) is 18.3. The molecule has 2 aromatic carbocycles. The number of benzene rings is 2. The van der Waals surface area contributed by atoms with Crippen molar-refractivity contribution in [2.45, 2.75) is 71.7 Å². The summed E-state index contributed by atoms with van der Waals surface area (Å²) >= 11 is 0. The summed E-state index contributed by atoms with van der Waals surface area (Å²) in [6.07, 6.45) is 5.42. The Morgan fingerprint density at radius 1 is 0.868 bits per heavy atom. The number of methoxy groups -OCH3 is 4. The standard InChI is InChI=1S/C32H46O6/c1-10-11-23-17-29(35-8)32(30(18-23)36-9)37-22(5)31(24-13-15-26(33-6)28(19-24)34-7)38-27-16-21(4)12-14-25(27)20(2)3/h10,13,15,17-22,25,27,31H,1,11-12,14,16H2,2-9H3/t21-,22?,25+,27-,31?/m1/s1. The van der Waals surface area contributed by atoms with Gasteiger partial charge >= 0.3 is 0 Å². The van der Waals surface area contributed by atoms with E-state index in [2.05, 4.69) is 27.4 Å². The molecule has 6 heteroatoms. The molecule has 0 radical (unpaired) electrons. The normalized spacial score (nSPS) is 20.9. The SMILES string of the molecule is C=CCc1cc(OC)c(OC(C)C(O[C@@H]2C[C@H](C)CC[C@H]2C(C)C)c2ccc(OC)c(OC)c2)c(OC)c1. The molecule has 2 unspecified atom stereocenters. The molecule has 0 bridgehead atoms. The molecule has 210 valence electrons. The van der Waals surface area contributed by atoms with E-state index in [1.807, 2.05) is 43.3 Å². The van der Waals surface area contributed by atoms with Crippen LogP contribution in [0.3, 0.4) is 0 Å². The van der Waals surface area contributed by atoms with Crippen LogP contribution in [0.25, 0.3) is 0 Å². The van der Waals surface area contributed by atoms with Crippen LogP contribution in [0.5, 0.6) is 28.7 Å². The fourth-order valence-electron chi connectivity index (χ4n) is 5.53. The van der Waals surface area contributed by atoms with E-state index in [0.717, 1.165) is 17.5 Å². The van der Waals surface area contributed by atoms with Crippen LogP contribution < -0.4 is 23.7 Å². The van der Waals surface area contributed by atoms with Crippen LogP contribution in [0.4, 0.5) is 0 Å². The Morgan fingerprint density at radius 3 is 2.05 bits per heavy atom. The predicted octanol–water partition coefficient (Wildman–Crippen LogP) is 7.44. The van der Waals surface area contributed by atoms with Crippen molar-refractivity contribution in [2.75, 3.05) is 28.4 Å². The maximum Gasteiger partial charge on any atom is 0.203 e. The van der Waals surface area contributed by atoms with Gasteiger partial charge in [0, 0.05) is 0 Å². The molecule has 0 aromatic heterocycles. The Morgan fingerprint density at radius 2 is 1.50 bits per heavy atom. The molecular formula is C32H46O6. The molecule has 0 amide bonds. The summed E-state index contributed by atoms with van der Waals surface area (Å²) in [6, 6.07) is 9.88. The van der Waals surface area contributed by atoms with Crippen molar-refractivity contribution in [3.05, 3.63) is 54.1 Å². The average Bonchev–Trinajstić information content (AvgIpc) is 2.91. The lowest BCUT2D eigenvalue weighted by atomic mass is 9.75. The smallest absolute Gasteiger partial charge is 0.203 e. The van der Waals surface area contributed by atoms with Crippen LogP contribution in [-0.4, -0.2) is 40.6 Å². The zero-order valence-electron chi connectivity index (χ0n) is 24.4. The predicted molar refractivity (Wildman–Crippen MR) is 152 cm³/mol. The third-order valence-corrected chi connectivity index (χ3v) is 7.65. The topological polar surface area (TPSA) is 55.4 Å². The summed E-state index contributed by atoms with van der Waals surface area (Å²) in [5, 5.41) is 0. The third kappa shape index (κ3) is 6.96. The van der Waals surface area contributed by atoms with Crippen molar-refractivity contribution < 1.29 is 28.4 Å². The van der Waals surface area contributed by atoms with E-state index in [0.29, 0.717) is 52.9 Å². The van der Waals surface area contributed by atoms with Gasteiger partial charge in [0.05, 0.1) is 34.5 Å². The molecule has 0 saturated heterocycles. The monoisotopic (exact) mass is 526 g/mol. The second-order valence-corrected chi connectivity index (χ2v) is 10.7. The maximum atomic E-state index is 7.02. The van der Waals surface area contributed by atoms with Gasteiger partial charge in [0.15, 0.2) is 23.0 Å². The van der Waals surface area contributed by atoms with Crippen molar-refractivity contribution in [1.82, 2.24) is 0 Å². The van der Waals surface area contributed by atoms with Gasteiger partial charge in [0.1, 0.15) is 12.2 Å². The Bertz CT molecular complexity index is 1020. The molecule has 38 heavy (non-hydrogen) atoms. The molecule has 1 fully saturated rings. The van der Waals surface area contributed by atoms with E-state index in [9.17, 15) is 0 Å². The van der Waals surface area contributed by atoms with E-state index < -0.39 is 0 Å². The molecule has 6 nitrogen and oxygen atoms in total. The highest BCUT2D eigenvalue weighted by Crippen LogP contribution is 2.44. The molecule has 0 spiro atoms. The van der Waals surface area contributed by atoms with Gasteiger partial charge in [-0.3, -0.25) is 0 Å². The van der Waals surface area contributed by atoms with Crippen LogP contribution in [-0.2, 0) is 11.2 Å². The second kappa shape index (κ2) is 13.8. The molecule has 1 aliphatic carbocycles. The van der Waals surface area contributed by atoms with Gasteiger partial charge in [0.25, 0.3) is 0 Å². The highest BCUT2D eigenvalue weighted by atomic mass is 16.6. The number of ether oxygens (including phenoxy) is 6. The van der Waals surface area contributed by atoms with Gasteiger partial charge in [-0.2, -0.15) is 0 Å². The highest BCUT2D eigenvalue weighted by molar-refractivity contribution is 5.54. The molecule has 1 saturated carbocycles. The molecule has 2 aromatic rings. The highest BCUT2D eigenvalue weighted by Gasteiger charge is 2.36. The van der Waals surface area contributed by atoms with E-state index in [1.165, 1.54) is 12.8 Å². The van der Waals surface area contributed by atoms with E-state index >= 15 is 0 Å². The van der Waals surface area contributed by atoms with E-state index in [4.69, 9.17) is 28.4 Å². The minimum atomic E-state index is -0.355. The summed E-state index contributed by atoms with van der Waals surface area (Å²) in [7, 11) is 6.57. The van der Waals surface area contributed by atoms with E-state index in [1.54, 1.807) is 28.4 Å². The first-order valence-corrected chi connectivity index (χ1v) is 13.7. The lowest BCUT2D eigenvalue weighted by Crippen LogP contribution is -2.38. The van der Waals surface area contributed by atoms with Gasteiger partial charge in [-0.15, -0.1) is 6.58 Å². The Kier molecular flexibility index (Phi) is 10.8. The average molecular weight is 527 g/mol. The van der Waals surface area contributed by atoms with Crippen molar-refractivity contribution in [3.63, 3.8) is 0 Å². The number of hydrogen-bond donors (Lipinski definition) is 0. The number of hydrogen-bond acceptors (Lipinski definition) is 6. The van der Waals surface area contributed by atoms with Gasteiger partial charge < -0.3 is 28.4 Å². The number of allylic oxidation sites excluding steroid dienone is 1. The zero-order chi connectivity index (χ0) is 27.8. The summed E-state index contributed by atoms with van der Waals surface area (Å²) < 4.78 is 36.2. The maximum absolute atomic E-state index is 7.02. The Hall–Kier alpha value is -2.86. The van der Waals surface area contributed by atoms with Gasteiger partial charge in [-0.05, 0) is 79.3 Å². The van der Waals surface area contributed by atoms with Gasteiger partial charge in [0.2, 0.25) is 5.75 Å². The molecule has 5 atom stereocenters. The molecule has 3 rings (SSSR count). The van der Waals surface area contributed by atoms with Crippen LogP contribution in [0.2, 0.25) is 0 Å². The fraction of sp³-hybridized carbons (Fsp3) is 0.562. The second-order valence-electron chi connectivity index (χ2n) is 10.7. The summed E-state index contributed by atoms with van der Waals surface area (Å²) in [5.41, 5.74) is 2.01. The summed E-state index contributed by atoms with van der Waals surface area (Å²) in [6.45, 7) is 12.8. The molecular weight excluding hydrogens is 480 g/mol. The number of rotatable bonds is 13. The van der Waals surface area contributed by atoms with Crippen molar-refractivity contribution in [2.24, 2.45) is 17.8 Å². The minimum Gasteiger partial charge on any atom is -0.493 e. The first-order valence-electron chi connectivity index (χ1n) is 13.7. The van der Waals surface area contributed by atoms with Crippen molar-refractivity contribution >= 4 is 0 Å². The Labute approximate surface area is 229 Å². The van der Waals surface area contributed by atoms with Crippen LogP contribution in [0.15, 0.2) is 43.0 Å². The molecule has 0 N–H and O–H groups in total. The zero-order valence-corrected chi connectivity index (χ0v) is 24.4. The Balaban J connectivity index is 2.02. The van der Waals surface area contributed by atoms with Gasteiger partial charge in [-0.25, -0.2) is 0 Å². The van der Waals surface area contributed by atoms with Crippen LogP contribution in [0, 0.1) is 17.8 Å². The largest absolute Gasteiger partial charge is 0.493 e. The minimum absolute atomic E-state index is 0.127. The lowest BCUT2D eigenvalue weighted by Gasteiger charge is -2.40. The molecule has 0 aliphatic heterocycles.